The molecule has 15 heavy (non-hydrogen) atoms. The molecular formula is C12H16N2O. The van der Waals surface area contributed by atoms with Crippen LogP contribution < -0.4 is 0 Å². The molecule has 0 fully saturated rings. The van der Waals surface area contributed by atoms with Gasteiger partial charge in [-0.25, -0.2) is 0 Å². The first-order valence-corrected chi connectivity index (χ1v) is 5.07. The van der Waals surface area contributed by atoms with Crippen LogP contribution in [0.25, 0.3) is 0 Å². The average Bonchev–Trinajstić information content (AvgIpc) is 2.16. The minimum atomic E-state index is 0.0184. The summed E-state index contributed by atoms with van der Waals surface area (Å²) in [6.45, 7) is 7.63. The molecule has 0 saturated carbocycles. The topological polar surface area (TPSA) is 42.9 Å². The fraction of sp³-hybridized carbons (Fsp3) is 0.417. The Bertz CT molecular complexity index is 404. The number of carbonyl (C=O) groups is 1. The molecule has 1 rings (SSSR count). The van der Waals surface area contributed by atoms with E-state index in [0.29, 0.717) is 5.56 Å². The highest BCUT2D eigenvalue weighted by molar-refractivity contribution is 6.05. The maximum absolute atomic E-state index is 11.8. The SMILES string of the molecule is CCc1nnc(C)cc1C(=O)C=C(C)C. The van der Waals surface area contributed by atoms with Gasteiger partial charge in [0.1, 0.15) is 0 Å². The molecule has 0 radical (unpaired) electrons. The highest BCUT2D eigenvalue weighted by Crippen LogP contribution is 2.10. The summed E-state index contributed by atoms with van der Waals surface area (Å²) < 4.78 is 0. The maximum atomic E-state index is 11.8. The zero-order valence-electron chi connectivity index (χ0n) is 9.66. The van der Waals surface area contributed by atoms with E-state index >= 15 is 0 Å². The molecule has 3 heteroatoms. The molecule has 0 aliphatic carbocycles. The number of hydrogen-bond donors (Lipinski definition) is 0. The standard InChI is InChI=1S/C12H16N2O/c1-5-11-10(7-9(4)13-14-11)12(15)6-8(2)3/h6-7H,5H2,1-4H3. The average molecular weight is 204 g/mol. The van der Waals surface area contributed by atoms with Crippen molar-refractivity contribution in [3.05, 3.63) is 34.7 Å². The summed E-state index contributed by atoms with van der Waals surface area (Å²) in [7, 11) is 0. The van der Waals surface area contributed by atoms with Crippen LogP contribution in [0.3, 0.4) is 0 Å². The maximum Gasteiger partial charge on any atom is 0.187 e. The molecule has 3 nitrogen and oxygen atoms in total. The minimum Gasteiger partial charge on any atom is -0.289 e. The Labute approximate surface area is 90.2 Å². The van der Waals surface area contributed by atoms with Gasteiger partial charge in [-0.05, 0) is 39.3 Å². The third-order valence-corrected chi connectivity index (χ3v) is 2.01. The van der Waals surface area contributed by atoms with Gasteiger partial charge in [0, 0.05) is 5.56 Å². The zero-order valence-corrected chi connectivity index (χ0v) is 9.66. The second-order valence-corrected chi connectivity index (χ2v) is 3.79. The van der Waals surface area contributed by atoms with Crippen LogP contribution >= 0.6 is 0 Å². The number of rotatable bonds is 3. The van der Waals surface area contributed by atoms with E-state index in [-0.39, 0.29) is 5.78 Å². The van der Waals surface area contributed by atoms with Crippen LogP contribution in [-0.4, -0.2) is 16.0 Å². The van der Waals surface area contributed by atoms with Crippen molar-refractivity contribution in [2.45, 2.75) is 34.1 Å². The van der Waals surface area contributed by atoms with E-state index in [2.05, 4.69) is 10.2 Å². The Morgan fingerprint density at radius 2 is 2.07 bits per heavy atom. The van der Waals surface area contributed by atoms with Crippen LogP contribution in [0.15, 0.2) is 17.7 Å². The van der Waals surface area contributed by atoms with Crippen molar-refractivity contribution in [2.24, 2.45) is 0 Å². The van der Waals surface area contributed by atoms with Gasteiger partial charge in [-0.15, -0.1) is 0 Å². The van der Waals surface area contributed by atoms with Gasteiger partial charge in [0.2, 0.25) is 0 Å². The van der Waals surface area contributed by atoms with Crippen molar-refractivity contribution >= 4 is 5.78 Å². The molecule has 1 aromatic heterocycles. The Hall–Kier alpha value is -1.51. The number of ketones is 1. The molecule has 0 amide bonds. The number of hydrogen-bond acceptors (Lipinski definition) is 3. The van der Waals surface area contributed by atoms with E-state index in [1.807, 2.05) is 27.7 Å². The van der Waals surface area contributed by atoms with Crippen molar-refractivity contribution in [1.29, 1.82) is 0 Å². The van der Waals surface area contributed by atoms with E-state index in [9.17, 15) is 4.79 Å². The van der Waals surface area contributed by atoms with Crippen LogP contribution in [0.4, 0.5) is 0 Å². The summed E-state index contributed by atoms with van der Waals surface area (Å²) in [5.41, 5.74) is 3.21. The van der Waals surface area contributed by atoms with Crippen LogP contribution in [0, 0.1) is 6.92 Å². The van der Waals surface area contributed by atoms with Crippen LogP contribution in [0.5, 0.6) is 0 Å². The largest absolute Gasteiger partial charge is 0.289 e. The molecule has 0 atom stereocenters. The molecule has 0 N–H and O–H groups in total. The van der Waals surface area contributed by atoms with Crippen LogP contribution in [0.1, 0.15) is 42.5 Å². The van der Waals surface area contributed by atoms with Crippen molar-refractivity contribution in [3.8, 4) is 0 Å². The molecule has 0 spiro atoms. The predicted octanol–water partition coefficient (Wildman–Crippen LogP) is 2.50. The van der Waals surface area contributed by atoms with E-state index in [1.54, 1.807) is 12.1 Å². The third-order valence-electron chi connectivity index (χ3n) is 2.01. The van der Waals surface area contributed by atoms with Crippen molar-refractivity contribution in [1.82, 2.24) is 10.2 Å². The second kappa shape index (κ2) is 4.82. The monoisotopic (exact) mass is 204 g/mol. The van der Waals surface area contributed by atoms with Gasteiger partial charge in [-0.1, -0.05) is 12.5 Å². The summed E-state index contributed by atoms with van der Waals surface area (Å²) in [5.74, 6) is 0.0184. The van der Waals surface area contributed by atoms with E-state index in [0.717, 1.165) is 23.4 Å². The number of aromatic nitrogens is 2. The Morgan fingerprint density at radius 3 is 2.60 bits per heavy atom. The fourth-order valence-electron chi connectivity index (χ4n) is 1.33. The van der Waals surface area contributed by atoms with Gasteiger partial charge < -0.3 is 0 Å². The van der Waals surface area contributed by atoms with E-state index < -0.39 is 0 Å². The first kappa shape index (κ1) is 11.6. The number of carbonyl (C=O) groups excluding carboxylic acids is 1. The summed E-state index contributed by atoms with van der Waals surface area (Å²) in [6.07, 6.45) is 2.36. The molecule has 0 aromatic carbocycles. The first-order valence-electron chi connectivity index (χ1n) is 5.07. The van der Waals surface area contributed by atoms with Crippen LogP contribution in [-0.2, 0) is 6.42 Å². The van der Waals surface area contributed by atoms with Gasteiger partial charge >= 0.3 is 0 Å². The van der Waals surface area contributed by atoms with Crippen molar-refractivity contribution in [2.75, 3.05) is 0 Å². The Balaban J connectivity index is 3.17. The second-order valence-electron chi connectivity index (χ2n) is 3.79. The lowest BCUT2D eigenvalue weighted by molar-refractivity contribution is 0.104. The zero-order chi connectivity index (χ0) is 11.4. The molecule has 1 heterocycles. The quantitative estimate of drug-likeness (QED) is 0.561. The molecule has 0 saturated heterocycles. The Morgan fingerprint density at radius 1 is 1.40 bits per heavy atom. The number of nitrogens with zero attached hydrogens (tertiary/aromatic N) is 2. The van der Waals surface area contributed by atoms with Crippen LogP contribution in [0.2, 0.25) is 0 Å². The van der Waals surface area contributed by atoms with E-state index in [1.165, 1.54) is 0 Å². The lowest BCUT2D eigenvalue weighted by atomic mass is 10.1. The highest BCUT2D eigenvalue weighted by atomic mass is 16.1. The number of allylic oxidation sites excluding steroid dienone is 2. The van der Waals surface area contributed by atoms with Gasteiger partial charge in [0.05, 0.1) is 11.4 Å². The Kier molecular flexibility index (Phi) is 3.72. The molecule has 80 valence electrons. The highest BCUT2D eigenvalue weighted by Gasteiger charge is 2.10. The first-order chi connectivity index (χ1) is 7.04. The number of aryl methyl sites for hydroxylation is 2. The molecule has 0 bridgehead atoms. The smallest absolute Gasteiger partial charge is 0.187 e. The van der Waals surface area contributed by atoms with Gasteiger partial charge in [-0.3, -0.25) is 4.79 Å². The lowest BCUT2D eigenvalue weighted by Gasteiger charge is -2.03. The minimum absolute atomic E-state index is 0.0184. The lowest BCUT2D eigenvalue weighted by Crippen LogP contribution is -2.06. The molecule has 0 unspecified atom stereocenters. The summed E-state index contributed by atoms with van der Waals surface area (Å²) >= 11 is 0. The molecule has 1 aromatic rings. The summed E-state index contributed by atoms with van der Waals surface area (Å²) in [5, 5.41) is 7.97. The van der Waals surface area contributed by atoms with Crippen molar-refractivity contribution < 1.29 is 4.79 Å². The summed E-state index contributed by atoms with van der Waals surface area (Å²) in [4.78, 5) is 11.8. The third kappa shape index (κ3) is 2.98. The van der Waals surface area contributed by atoms with Gasteiger partial charge in [0.25, 0.3) is 0 Å². The van der Waals surface area contributed by atoms with Crippen molar-refractivity contribution in [3.63, 3.8) is 0 Å². The molecular weight excluding hydrogens is 188 g/mol. The summed E-state index contributed by atoms with van der Waals surface area (Å²) in [6, 6.07) is 1.80. The predicted molar refractivity (Wildman–Crippen MR) is 59.9 cm³/mol. The van der Waals surface area contributed by atoms with Gasteiger partial charge in [0.15, 0.2) is 5.78 Å². The fourth-order valence-corrected chi connectivity index (χ4v) is 1.33. The molecule has 0 aliphatic rings. The molecule has 0 aliphatic heterocycles. The van der Waals surface area contributed by atoms with E-state index in [4.69, 9.17) is 0 Å². The van der Waals surface area contributed by atoms with Gasteiger partial charge in [-0.2, -0.15) is 10.2 Å². The normalized spacial score (nSPS) is 9.87.